The van der Waals surface area contributed by atoms with E-state index in [0.717, 1.165) is 17.8 Å². The Balaban J connectivity index is 1.27. The van der Waals surface area contributed by atoms with Gasteiger partial charge < -0.3 is 14.8 Å². The Morgan fingerprint density at radius 3 is 2.24 bits per heavy atom. The molecule has 0 unspecified atom stereocenters. The first-order chi connectivity index (χ1) is 13.7. The van der Waals surface area contributed by atoms with Gasteiger partial charge in [-0.1, -0.05) is 0 Å². The molecule has 6 heteroatoms. The van der Waals surface area contributed by atoms with Crippen molar-refractivity contribution in [2.45, 2.75) is 71.4 Å². The molecule has 1 N–H and O–H groups in total. The summed E-state index contributed by atoms with van der Waals surface area (Å²) in [6, 6.07) is 3.44. The summed E-state index contributed by atoms with van der Waals surface area (Å²) in [6.45, 7) is 6.23. The van der Waals surface area contributed by atoms with E-state index in [1.165, 1.54) is 44.7 Å². The van der Waals surface area contributed by atoms with Gasteiger partial charge in [-0.05, 0) is 89.2 Å². The number of hydrogen-bond donors (Lipinski definition) is 1. The minimum absolute atomic E-state index is 0.217. The summed E-state index contributed by atoms with van der Waals surface area (Å²) in [5.41, 5.74) is 0.793. The van der Waals surface area contributed by atoms with Crippen molar-refractivity contribution in [2.24, 2.45) is 23.2 Å². The third kappa shape index (κ3) is 4.90. The minimum Gasteiger partial charge on any atom is -0.461 e. The van der Waals surface area contributed by atoms with Crippen LogP contribution in [0.25, 0.3) is 0 Å². The highest BCUT2D eigenvalue weighted by Gasteiger charge is 2.51. The fraction of sp³-hybridized carbons (Fsp3) is 0.696. The normalized spacial score (nSPS) is 30.1. The Bertz CT molecular complexity index is 731. The van der Waals surface area contributed by atoms with Crippen molar-refractivity contribution in [3.05, 3.63) is 29.6 Å². The zero-order valence-electron chi connectivity index (χ0n) is 17.7. The van der Waals surface area contributed by atoms with Gasteiger partial charge in [-0.2, -0.15) is 0 Å². The highest BCUT2D eigenvalue weighted by Crippen LogP contribution is 2.60. The summed E-state index contributed by atoms with van der Waals surface area (Å²) < 4.78 is 10.9. The number of nitrogens with zero attached hydrogens (tertiary/aromatic N) is 1. The summed E-state index contributed by atoms with van der Waals surface area (Å²) in [7, 11) is 0. The molecule has 5 rings (SSSR count). The Morgan fingerprint density at radius 1 is 1.10 bits per heavy atom. The van der Waals surface area contributed by atoms with Gasteiger partial charge in [0, 0.05) is 11.6 Å². The van der Waals surface area contributed by atoms with Crippen LogP contribution in [-0.2, 0) is 16.0 Å². The Kier molecular flexibility index (Phi) is 5.30. The number of rotatable bonds is 5. The van der Waals surface area contributed by atoms with Gasteiger partial charge in [0.2, 0.25) is 0 Å². The zero-order valence-corrected chi connectivity index (χ0v) is 17.7. The standard InChI is InChI=1S/C23H32N2O4/c1-22(2,3)29-21(27)25-13-19-5-4-18(12-24-19)20(26)28-14-23-9-15-6-16(10-23)8-17(7-15)11-23/h4-5,12,15-17H,6-11,13-14H2,1-3H3,(H,25,27). The molecule has 1 aromatic heterocycles. The van der Waals surface area contributed by atoms with E-state index in [1.54, 1.807) is 12.1 Å². The number of aromatic nitrogens is 1. The van der Waals surface area contributed by atoms with Gasteiger partial charge in [0.15, 0.2) is 0 Å². The van der Waals surface area contributed by atoms with E-state index in [9.17, 15) is 9.59 Å². The smallest absolute Gasteiger partial charge is 0.407 e. The molecule has 29 heavy (non-hydrogen) atoms. The molecule has 0 spiro atoms. The van der Waals surface area contributed by atoms with Crippen LogP contribution in [0.3, 0.4) is 0 Å². The lowest BCUT2D eigenvalue weighted by molar-refractivity contribution is -0.0848. The number of alkyl carbamates (subject to hydrolysis) is 1. The first kappa shape index (κ1) is 20.2. The maximum Gasteiger partial charge on any atom is 0.407 e. The maximum atomic E-state index is 12.5. The lowest BCUT2D eigenvalue weighted by Crippen LogP contribution is -2.48. The molecule has 1 amide bonds. The van der Waals surface area contributed by atoms with Crippen molar-refractivity contribution in [2.75, 3.05) is 6.61 Å². The summed E-state index contributed by atoms with van der Waals surface area (Å²) in [5, 5.41) is 2.66. The van der Waals surface area contributed by atoms with Crippen LogP contribution >= 0.6 is 0 Å². The lowest BCUT2D eigenvalue weighted by Gasteiger charge is -2.56. The third-order valence-corrected chi connectivity index (χ3v) is 6.55. The molecule has 158 valence electrons. The molecule has 6 nitrogen and oxygen atoms in total. The van der Waals surface area contributed by atoms with Crippen molar-refractivity contribution < 1.29 is 19.1 Å². The second kappa shape index (κ2) is 7.62. The Morgan fingerprint density at radius 2 is 1.72 bits per heavy atom. The summed E-state index contributed by atoms with van der Waals surface area (Å²) in [6.07, 6.45) is 8.85. The number of hydrogen-bond acceptors (Lipinski definition) is 5. The maximum absolute atomic E-state index is 12.5. The molecule has 1 aromatic rings. The number of carbonyl (C=O) groups is 2. The van der Waals surface area contributed by atoms with Crippen LogP contribution in [0, 0.1) is 23.2 Å². The largest absolute Gasteiger partial charge is 0.461 e. The van der Waals surface area contributed by atoms with Gasteiger partial charge in [-0.3, -0.25) is 4.98 Å². The van der Waals surface area contributed by atoms with Crippen LogP contribution in [0.15, 0.2) is 18.3 Å². The molecule has 4 saturated carbocycles. The van der Waals surface area contributed by atoms with Gasteiger partial charge in [-0.15, -0.1) is 0 Å². The molecule has 0 radical (unpaired) electrons. The van der Waals surface area contributed by atoms with Crippen LogP contribution in [0.5, 0.6) is 0 Å². The van der Waals surface area contributed by atoms with Crippen LogP contribution in [-0.4, -0.2) is 29.3 Å². The van der Waals surface area contributed by atoms with E-state index in [1.807, 2.05) is 20.8 Å². The first-order valence-electron chi connectivity index (χ1n) is 10.8. The summed E-state index contributed by atoms with van der Waals surface area (Å²) in [5.74, 6) is 2.23. The van der Waals surface area contributed by atoms with Gasteiger partial charge in [0.25, 0.3) is 0 Å². The predicted octanol–water partition coefficient (Wildman–Crippen LogP) is 4.48. The molecule has 4 bridgehead atoms. The van der Waals surface area contributed by atoms with Gasteiger partial charge in [-0.25, -0.2) is 9.59 Å². The van der Waals surface area contributed by atoms with E-state index >= 15 is 0 Å². The predicted molar refractivity (Wildman–Crippen MR) is 108 cm³/mol. The van der Waals surface area contributed by atoms with E-state index in [4.69, 9.17) is 9.47 Å². The summed E-state index contributed by atoms with van der Waals surface area (Å²) >= 11 is 0. The van der Waals surface area contributed by atoms with Gasteiger partial charge >= 0.3 is 12.1 Å². The monoisotopic (exact) mass is 400 g/mol. The van der Waals surface area contributed by atoms with Crippen molar-refractivity contribution in [3.8, 4) is 0 Å². The van der Waals surface area contributed by atoms with E-state index in [0.29, 0.717) is 17.9 Å². The van der Waals surface area contributed by atoms with E-state index in [-0.39, 0.29) is 17.9 Å². The fourth-order valence-corrected chi connectivity index (χ4v) is 5.90. The second-order valence-corrected chi connectivity index (χ2v) is 10.4. The molecule has 4 fully saturated rings. The second-order valence-electron chi connectivity index (χ2n) is 10.4. The average Bonchev–Trinajstić information content (AvgIpc) is 2.62. The molecule has 0 atom stereocenters. The summed E-state index contributed by atoms with van der Waals surface area (Å²) in [4.78, 5) is 28.5. The number of carbonyl (C=O) groups excluding carboxylic acids is 2. The number of ether oxygens (including phenoxy) is 2. The van der Waals surface area contributed by atoms with Gasteiger partial charge in [0.05, 0.1) is 24.4 Å². The topological polar surface area (TPSA) is 77.5 Å². The SMILES string of the molecule is CC(C)(C)OC(=O)NCc1ccc(C(=O)OCC23CC4CC(CC(C4)C2)C3)cn1. The van der Waals surface area contributed by atoms with Gasteiger partial charge in [0.1, 0.15) is 5.60 Å². The average molecular weight is 401 g/mol. The number of esters is 1. The molecule has 4 aliphatic carbocycles. The molecule has 0 aromatic carbocycles. The van der Waals surface area contributed by atoms with Crippen molar-refractivity contribution >= 4 is 12.1 Å². The van der Waals surface area contributed by atoms with Crippen LogP contribution < -0.4 is 5.32 Å². The minimum atomic E-state index is -0.540. The van der Waals surface area contributed by atoms with Crippen LogP contribution in [0.1, 0.15) is 75.3 Å². The third-order valence-electron chi connectivity index (χ3n) is 6.55. The molecule has 1 heterocycles. The molecular formula is C23H32N2O4. The van der Waals surface area contributed by atoms with Crippen LogP contribution in [0.4, 0.5) is 4.79 Å². The Labute approximate surface area is 172 Å². The number of nitrogens with one attached hydrogen (secondary N) is 1. The van der Waals surface area contributed by atoms with Crippen molar-refractivity contribution in [3.63, 3.8) is 0 Å². The number of pyridine rings is 1. The van der Waals surface area contributed by atoms with E-state index < -0.39 is 11.7 Å². The highest BCUT2D eigenvalue weighted by molar-refractivity contribution is 5.89. The highest BCUT2D eigenvalue weighted by atomic mass is 16.6. The zero-order chi connectivity index (χ0) is 20.6. The first-order valence-corrected chi connectivity index (χ1v) is 10.8. The molecule has 0 aliphatic heterocycles. The Hall–Kier alpha value is -2.11. The van der Waals surface area contributed by atoms with E-state index in [2.05, 4.69) is 10.3 Å². The molecular weight excluding hydrogens is 368 g/mol. The van der Waals surface area contributed by atoms with Crippen LogP contribution in [0.2, 0.25) is 0 Å². The quantitative estimate of drug-likeness (QED) is 0.738. The van der Waals surface area contributed by atoms with Crippen molar-refractivity contribution in [1.82, 2.24) is 10.3 Å². The molecule has 0 saturated heterocycles. The van der Waals surface area contributed by atoms with Crippen molar-refractivity contribution in [1.29, 1.82) is 0 Å². The fourth-order valence-electron chi connectivity index (χ4n) is 5.90. The number of amides is 1. The molecule has 4 aliphatic rings. The lowest BCUT2D eigenvalue weighted by atomic mass is 9.50.